The standard InChI is InChI=1S/C19H26N2/c1-19(2,3)18(21-13-11-20-12-14-21)17-10-6-8-15-7-4-5-9-16(15)17/h4-10,18,20H,11-14H2,1-3H3/t18-/m1/s1. The number of rotatable bonds is 2. The lowest BCUT2D eigenvalue weighted by atomic mass is 9.79. The van der Waals surface area contributed by atoms with Crippen molar-refractivity contribution in [2.75, 3.05) is 26.2 Å². The summed E-state index contributed by atoms with van der Waals surface area (Å²) in [5.41, 5.74) is 1.70. The third-order valence-corrected chi connectivity index (χ3v) is 4.45. The number of piperazine rings is 1. The first kappa shape index (κ1) is 14.6. The molecule has 2 nitrogen and oxygen atoms in total. The van der Waals surface area contributed by atoms with Gasteiger partial charge in [-0.2, -0.15) is 0 Å². The van der Waals surface area contributed by atoms with E-state index in [9.17, 15) is 0 Å². The first-order valence-electron chi connectivity index (χ1n) is 8.00. The topological polar surface area (TPSA) is 15.3 Å². The third kappa shape index (κ3) is 2.97. The lowest BCUT2D eigenvalue weighted by molar-refractivity contribution is 0.0872. The van der Waals surface area contributed by atoms with Crippen molar-refractivity contribution in [1.82, 2.24) is 10.2 Å². The molecule has 2 heteroatoms. The van der Waals surface area contributed by atoms with Crippen LogP contribution in [-0.2, 0) is 0 Å². The minimum atomic E-state index is 0.224. The number of hydrogen-bond acceptors (Lipinski definition) is 2. The van der Waals surface area contributed by atoms with E-state index in [1.807, 2.05) is 0 Å². The highest BCUT2D eigenvalue weighted by Gasteiger charge is 2.33. The smallest absolute Gasteiger partial charge is 0.0403 e. The van der Waals surface area contributed by atoms with E-state index in [4.69, 9.17) is 0 Å². The van der Waals surface area contributed by atoms with Gasteiger partial charge in [0.25, 0.3) is 0 Å². The van der Waals surface area contributed by atoms with E-state index in [0.29, 0.717) is 6.04 Å². The quantitative estimate of drug-likeness (QED) is 0.900. The van der Waals surface area contributed by atoms with Gasteiger partial charge in [-0.3, -0.25) is 4.90 Å². The average molecular weight is 282 g/mol. The maximum atomic E-state index is 3.47. The van der Waals surface area contributed by atoms with Gasteiger partial charge >= 0.3 is 0 Å². The normalized spacial score (nSPS) is 18.8. The zero-order chi connectivity index (χ0) is 14.9. The maximum absolute atomic E-state index is 3.47. The van der Waals surface area contributed by atoms with Crippen LogP contribution in [0.1, 0.15) is 32.4 Å². The van der Waals surface area contributed by atoms with Crippen LogP contribution in [-0.4, -0.2) is 31.1 Å². The molecule has 1 saturated heterocycles. The molecule has 1 fully saturated rings. The summed E-state index contributed by atoms with van der Waals surface area (Å²) in [4.78, 5) is 2.65. The van der Waals surface area contributed by atoms with Gasteiger partial charge in [-0.1, -0.05) is 63.2 Å². The molecule has 0 aliphatic carbocycles. The summed E-state index contributed by atoms with van der Waals surface area (Å²) in [5, 5.41) is 6.22. The molecule has 0 aromatic heterocycles. The van der Waals surface area contributed by atoms with Crippen LogP contribution in [0.15, 0.2) is 42.5 Å². The molecule has 1 heterocycles. The summed E-state index contributed by atoms with van der Waals surface area (Å²) in [5.74, 6) is 0. The Hall–Kier alpha value is -1.38. The summed E-state index contributed by atoms with van der Waals surface area (Å²) in [6.45, 7) is 11.5. The number of benzene rings is 2. The van der Waals surface area contributed by atoms with Crippen LogP contribution in [0.25, 0.3) is 10.8 Å². The van der Waals surface area contributed by atoms with Crippen molar-refractivity contribution in [3.63, 3.8) is 0 Å². The second-order valence-electron chi connectivity index (χ2n) is 7.12. The Morgan fingerprint density at radius 2 is 1.62 bits per heavy atom. The molecular weight excluding hydrogens is 256 g/mol. The third-order valence-electron chi connectivity index (χ3n) is 4.45. The van der Waals surface area contributed by atoms with E-state index in [1.165, 1.54) is 16.3 Å². The SMILES string of the molecule is CC(C)(C)[C@@H](c1cccc2ccccc12)N1CCNCC1. The molecule has 112 valence electrons. The molecule has 3 rings (SSSR count). The van der Waals surface area contributed by atoms with Gasteiger partial charge in [0.2, 0.25) is 0 Å². The predicted octanol–water partition coefficient (Wildman–Crippen LogP) is 3.83. The van der Waals surface area contributed by atoms with Crippen molar-refractivity contribution in [2.24, 2.45) is 5.41 Å². The molecule has 0 unspecified atom stereocenters. The van der Waals surface area contributed by atoms with Crippen molar-refractivity contribution >= 4 is 10.8 Å². The minimum Gasteiger partial charge on any atom is -0.314 e. The molecule has 0 saturated carbocycles. The summed E-state index contributed by atoms with van der Waals surface area (Å²) >= 11 is 0. The van der Waals surface area contributed by atoms with Crippen molar-refractivity contribution in [2.45, 2.75) is 26.8 Å². The lowest BCUT2D eigenvalue weighted by Crippen LogP contribution is -2.48. The van der Waals surface area contributed by atoms with Crippen LogP contribution in [0, 0.1) is 5.41 Å². The van der Waals surface area contributed by atoms with Gasteiger partial charge in [-0.15, -0.1) is 0 Å². The van der Waals surface area contributed by atoms with E-state index in [0.717, 1.165) is 26.2 Å². The molecule has 0 spiro atoms. The molecular formula is C19H26N2. The fraction of sp³-hybridized carbons (Fsp3) is 0.474. The number of hydrogen-bond donors (Lipinski definition) is 1. The Morgan fingerprint density at radius 1 is 0.952 bits per heavy atom. The Kier molecular flexibility index (Phi) is 4.01. The zero-order valence-electron chi connectivity index (χ0n) is 13.4. The largest absolute Gasteiger partial charge is 0.314 e. The molecule has 0 amide bonds. The monoisotopic (exact) mass is 282 g/mol. The Morgan fingerprint density at radius 3 is 2.33 bits per heavy atom. The van der Waals surface area contributed by atoms with Crippen molar-refractivity contribution in [3.8, 4) is 0 Å². The minimum absolute atomic E-state index is 0.224. The van der Waals surface area contributed by atoms with Gasteiger partial charge < -0.3 is 5.32 Å². The van der Waals surface area contributed by atoms with Crippen molar-refractivity contribution in [1.29, 1.82) is 0 Å². The molecule has 0 radical (unpaired) electrons. The molecule has 1 N–H and O–H groups in total. The van der Waals surface area contributed by atoms with Crippen LogP contribution in [0.2, 0.25) is 0 Å². The van der Waals surface area contributed by atoms with E-state index < -0.39 is 0 Å². The summed E-state index contributed by atoms with van der Waals surface area (Å²) in [7, 11) is 0. The van der Waals surface area contributed by atoms with Gasteiger partial charge in [0.1, 0.15) is 0 Å². The van der Waals surface area contributed by atoms with Crippen LogP contribution in [0.4, 0.5) is 0 Å². The highest BCUT2D eigenvalue weighted by atomic mass is 15.2. The second kappa shape index (κ2) is 5.78. The van der Waals surface area contributed by atoms with Crippen LogP contribution in [0.5, 0.6) is 0 Å². The summed E-state index contributed by atoms with van der Waals surface area (Å²) in [6.07, 6.45) is 0. The highest BCUT2D eigenvalue weighted by molar-refractivity contribution is 5.86. The van der Waals surface area contributed by atoms with Crippen LogP contribution < -0.4 is 5.32 Å². The van der Waals surface area contributed by atoms with Crippen molar-refractivity contribution in [3.05, 3.63) is 48.0 Å². The Labute approximate surface area is 128 Å². The van der Waals surface area contributed by atoms with E-state index in [2.05, 4.69) is 73.5 Å². The van der Waals surface area contributed by atoms with Gasteiger partial charge in [0, 0.05) is 32.2 Å². The molecule has 0 bridgehead atoms. The predicted molar refractivity (Wildman–Crippen MR) is 90.6 cm³/mol. The molecule has 1 atom stereocenters. The molecule has 2 aromatic rings. The Bertz CT molecular complexity index is 601. The lowest BCUT2D eigenvalue weighted by Gasteiger charge is -2.43. The van der Waals surface area contributed by atoms with Crippen LogP contribution >= 0.6 is 0 Å². The number of fused-ring (bicyclic) bond motifs is 1. The fourth-order valence-electron chi connectivity index (χ4n) is 3.64. The van der Waals surface area contributed by atoms with Gasteiger partial charge in [-0.25, -0.2) is 0 Å². The van der Waals surface area contributed by atoms with Gasteiger partial charge in [0.15, 0.2) is 0 Å². The number of nitrogens with one attached hydrogen (secondary N) is 1. The number of nitrogens with zero attached hydrogens (tertiary/aromatic N) is 1. The molecule has 2 aromatic carbocycles. The average Bonchev–Trinajstić information content (AvgIpc) is 2.47. The van der Waals surface area contributed by atoms with E-state index in [1.54, 1.807) is 0 Å². The summed E-state index contributed by atoms with van der Waals surface area (Å²) < 4.78 is 0. The Balaban J connectivity index is 2.10. The van der Waals surface area contributed by atoms with Gasteiger partial charge in [0.05, 0.1) is 0 Å². The first-order chi connectivity index (χ1) is 10.1. The van der Waals surface area contributed by atoms with E-state index in [-0.39, 0.29) is 5.41 Å². The van der Waals surface area contributed by atoms with Gasteiger partial charge in [-0.05, 0) is 21.8 Å². The van der Waals surface area contributed by atoms with Crippen molar-refractivity contribution < 1.29 is 0 Å². The fourth-order valence-corrected chi connectivity index (χ4v) is 3.64. The molecule has 1 aliphatic heterocycles. The highest BCUT2D eigenvalue weighted by Crippen LogP contribution is 2.40. The molecule has 21 heavy (non-hydrogen) atoms. The van der Waals surface area contributed by atoms with Crippen LogP contribution in [0.3, 0.4) is 0 Å². The second-order valence-corrected chi connectivity index (χ2v) is 7.12. The zero-order valence-corrected chi connectivity index (χ0v) is 13.4. The van der Waals surface area contributed by atoms with E-state index >= 15 is 0 Å². The maximum Gasteiger partial charge on any atom is 0.0403 e. The molecule has 1 aliphatic rings. The summed E-state index contributed by atoms with van der Waals surface area (Å²) in [6, 6.07) is 16.0. The first-order valence-corrected chi connectivity index (χ1v) is 8.00.